The zero-order valence-electron chi connectivity index (χ0n) is 8.07. The zero-order chi connectivity index (χ0) is 12.6. The molecule has 0 radical (unpaired) electrons. The standard InChI is InChI=1S/C9H8F5NO/c1-2(15)9(16)3-4(10)6(12)8(14)7(13)5(3)11/h2,9,16H,15H2,1H3/t2-,9-/m1/s1. The van der Waals surface area contributed by atoms with E-state index in [4.69, 9.17) is 5.73 Å². The SMILES string of the molecule is C[C@@H](N)[C@@H](O)c1c(F)c(F)c(F)c(F)c1F. The topological polar surface area (TPSA) is 46.2 Å². The lowest BCUT2D eigenvalue weighted by Crippen LogP contribution is -2.27. The molecule has 0 aliphatic carbocycles. The highest BCUT2D eigenvalue weighted by Crippen LogP contribution is 2.28. The van der Waals surface area contributed by atoms with E-state index in [-0.39, 0.29) is 0 Å². The summed E-state index contributed by atoms with van der Waals surface area (Å²) >= 11 is 0. The van der Waals surface area contributed by atoms with Crippen LogP contribution in [-0.4, -0.2) is 11.1 Å². The highest BCUT2D eigenvalue weighted by atomic mass is 19.2. The van der Waals surface area contributed by atoms with E-state index in [1.54, 1.807) is 0 Å². The number of aliphatic hydroxyl groups is 1. The quantitative estimate of drug-likeness (QED) is 0.471. The van der Waals surface area contributed by atoms with Crippen molar-refractivity contribution in [1.82, 2.24) is 0 Å². The Morgan fingerprint density at radius 3 is 1.50 bits per heavy atom. The molecule has 2 nitrogen and oxygen atoms in total. The Morgan fingerprint density at radius 1 is 0.875 bits per heavy atom. The normalized spacial score (nSPS) is 15.0. The highest BCUT2D eigenvalue weighted by molar-refractivity contribution is 5.26. The summed E-state index contributed by atoms with van der Waals surface area (Å²) in [5.41, 5.74) is 3.81. The van der Waals surface area contributed by atoms with Gasteiger partial charge in [0, 0.05) is 6.04 Å². The lowest BCUT2D eigenvalue weighted by molar-refractivity contribution is 0.140. The molecular formula is C9H8F5NO. The summed E-state index contributed by atoms with van der Waals surface area (Å²) in [7, 11) is 0. The van der Waals surface area contributed by atoms with Crippen LogP contribution in [0.2, 0.25) is 0 Å². The van der Waals surface area contributed by atoms with E-state index in [1.807, 2.05) is 0 Å². The Balaban J connectivity index is 3.51. The van der Waals surface area contributed by atoms with Gasteiger partial charge in [0.1, 0.15) is 0 Å². The Morgan fingerprint density at radius 2 is 1.19 bits per heavy atom. The molecule has 0 spiro atoms. The molecule has 1 rings (SSSR count). The van der Waals surface area contributed by atoms with Crippen LogP contribution in [0.1, 0.15) is 18.6 Å². The van der Waals surface area contributed by atoms with Gasteiger partial charge in [-0.05, 0) is 6.92 Å². The van der Waals surface area contributed by atoms with Gasteiger partial charge in [-0.2, -0.15) is 0 Å². The first-order chi connectivity index (χ1) is 7.29. The minimum atomic E-state index is -2.27. The number of hydrogen-bond acceptors (Lipinski definition) is 2. The number of nitrogens with two attached hydrogens (primary N) is 1. The summed E-state index contributed by atoms with van der Waals surface area (Å²) in [4.78, 5) is 0. The molecular weight excluding hydrogens is 233 g/mol. The molecule has 1 aromatic carbocycles. The van der Waals surface area contributed by atoms with Crippen molar-refractivity contribution in [2.45, 2.75) is 19.1 Å². The minimum absolute atomic E-state index is 1.17. The first-order valence-electron chi connectivity index (χ1n) is 4.24. The van der Waals surface area contributed by atoms with Crippen LogP contribution in [0.5, 0.6) is 0 Å². The van der Waals surface area contributed by atoms with E-state index >= 15 is 0 Å². The molecule has 7 heteroatoms. The second-order valence-electron chi connectivity index (χ2n) is 3.29. The van der Waals surface area contributed by atoms with Gasteiger partial charge in [-0.3, -0.25) is 0 Å². The Hall–Kier alpha value is -1.21. The van der Waals surface area contributed by atoms with Crippen LogP contribution in [0.3, 0.4) is 0 Å². The number of rotatable bonds is 2. The fourth-order valence-electron chi connectivity index (χ4n) is 1.14. The second-order valence-corrected chi connectivity index (χ2v) is 3.29. The van der Waals surface area contributed by atoms with E-state index in [2.05, 4.69) is 0 Å². The summed E-state index contributed by atoms with van der Waals surface area (Å²) in [6.07, 6.45) is -1.97. The highest BCUT2D eigenvalue weighted by Gasteiger charge is 2.30. The van der Waals surface area contributed by atoms with Crippen LogP contribution < -0.4 is 5.73 Å². The van der Waals surface area contributed by atoms with Crippen LogP contribution in [0.25, 0.3) is 0 Å². The predicted octanol–water partition coefficient (Wildman–Crippen LogP) is 1.76. The third-order valence-electron chi connectivity index (χ3n) is 2.04. The van der Waals surface area contributed by atoms with Crippen LogP contribution in [0.15, 0.2) is 0 Å². The molecule has 0 aromatic heterocycles. The molecule has 0 fully saturated rings. The zero-order valence-corrected chi connectivity index (χ0v) is 8.07. The molecule has 0 bridgehead atoms. The number of halogens is 5. The molecule has 90 valence electrons. The average Bonchev–Trinajstić information content (AvgIpc) is 2.23. The van der Waals surface area contributed by atoms with Crippen molar-refractivity contribution in [2.75, 3.05) is 0 Å². The molecule has 0 aliphatic heterocycles. The van der Waals surface area contributed by atoms with E-state index in [9.17, 15) is 27.1 Å². The van der Waals surface area contributed by atoms with Gasteiger partial charge in [-0.25, -0.2) is 22.0 Å². The van der Waals surface area contributed by atoms with Crippen molar-refractivity contribution >= 4 is 0 Å². The Kier molecular flexibility index (Phi) is 3.49. The van der Waals surface area contributed by atoms with Crippen molar-refractivity contribution in [3.63, 3.8) is 0 Å². The largest absolute Gasteiger partial charge is 0.387 e. The van der Waals surface area contributed by atoms with Gasteiger partial charge >= 0.3 is 0 Å². The van der Waals surface area contributed by atoms with Crippen molar-refractivity contribution in [1.29, 1.82) is 0 Å². The molecule has 0 amide bonds. The first kappa shape index (κ1) is 12.9. The van der Waals surface area contributed by atoms with Crippen molar-refractivity contribution < 1.29 is 27.1 Å². The van der Waals surface area contributed by atoms with Crippen LogP contribution in [0.4, 0.5) is 22.0 Å². The second kappa shape index (κ2) is 4.34. The maximum atomic E-state index is 13.1. The fraction of sp³-hybridized carbons (Fsp3) is 0.333. The molecule has 3 N–H and O–H groups in total. The third kappa shape index (κ3) is 1.88. The van der Waals surface area contributed by atoms with Gasteiger partial charge in [0.05, 0.1) is 11.7 Å². The fourth-order valence-corrected chi connectivity index (χ4v) is 1.14. The number of aliphatic hydroxyl groups excluding tert-OH is 1. The van der Waals surface area contributed by atoms with E-state index in [0.717, 1.165) is 0 Å². The number of hydrogen-bond donors (Lipinski definition) is 2. The summed E-state index contributed by atoms with van der Waals surface area (Å²) in [5, 5.41) is 9.24. The van der Waals surface area contributed by atoms with Crippen LogP contribution in [-0.2, 0) is 0 Å². The lowest BCUT2D eigenvalue weighted by atomic mass is 10.0. The van der Waals surface area contributed by atoms with Gasteiger partial charge in [0.25, 0.3) is 0 Å². The summed E-state index contributed by atoms with van der Waals surface area (Å²) in [6.45, 7) is 1.17. The van der Waals surface area contributed by atoms with Gasteiger partial charge in [0.2, 0.25) is 5.82 Å². The maximum Gasteiger partial charge on any atom is 0.200 e. The van der Waals surface area contributed by atoms with E-state index in [0.29, 0.717) is 0 Å². The monoisotopic (exact) mass is 241 g/mol. The first-order valence-corrected chi connectivity index (χ1v) is 4.24. The smallest absolute Gasteiger partial charge is 0.200 e. The lowest BCUT2D eigenvalue weighted by Gasteiger charge is -2.17. The van der Waals surface area contributed by atoms with Gasteiger partial charge in [-0.1, -0.05) is 0 Å². The van der Waals surface area contributed by atoms with Crippen molar-refractivity contribution in [3.8, 4) is 0 Å². The number of benzene rings is 1. The van der Waals surface area contributed by atoms with Gasteiger partial charge in [0.15, 0.2) is 23.3 Å². The van der Waals surface area contributed by atoms with Crippen molar-refractivity contribution in [3.05, 3.63) is 34.6 Å². The molecule has 0 aliphatic rings. The van der Waals surface area contributed by atoms with Gasteiger partial charge < -0.3 is 10.8 Å². The van der Waals surface area contributed by atoms with E-state index < -0.39 is 46.8 Å². The molecule has 0 saturated carbocycles. The molecule has 0 saturated heterocycles. The molecule has 0 unspecified atom stereocenters. The van der Waals surface area contributed by atoms with Crippen LogP contribution in [0, 0.1) is 29.1 Å². The molecule has 16 heavy (non-hydrogen) atoms. The maximum absolute atomic E-state index is 13.1. The third-order valence-corrected chi connectivity index (χ3v) is 2.04. The van der Waals surface area contributed by atoms with E-state index in [1.165, 1.54) is 6.92 Å². The summed E-state index contributed by atoms with van der Waals surface area (Å²) < 4.78 is 64.2. The minimum Gasteiger partial charge on any atom is -0.387 e. The Labute approximate surface area is 87.5 Å². The summed E-state index contributed by atoms with van der Waals surface area (Å²) in [6, 6.07) is -1.17. The van der Waals surface area contributed by atoms with Gasteiger partial charge in [-0.15, -0.1) is 0 Å². The Bertz CT molecular complexity index is 392. The molecule has 2 atom stereocenters. The predicted molar refractivity (Wildman–Crippen MR) is 44.8 cm³/mol. The van der Waals surface area contributed by atoms with Crippen molar-refractivity contribution in [2.24, 2.45) is 5.73 Å². The molecule has 1 aromatic rings. The summed E-state index contributed by atoms with van der Waals surface area (Å²) in [5.74, 6) is -10.6. The van der Waals surface area contributed by atoms with Crippen LogP contribution >= 0.6 is 0 Å². The molecule has 0 heterocycles. The average molecular weight is 241 g/mol.